The van der Waals surface area contributed by atoms with E-state index in [4.69, 9.17) is 5.10 Å². The summed E-state index contributed by atoms with van der Waals surface area (Å²) in [4.78, 5) is 0. The maximum atomic E-state index is 4.84. The predicted octanol–water partition coefficient (Wildman–Crippen LogP) is 8.03. The van der Waals surface area contributed by atoms with Gasteiger partial charge in [0, 0.05) is 19.8 Å². The van der Waals surface area contributed by atoms with E-state index in [-0.39, 0.29) is 0 Å². The van der Waals surface area contributed by atoms with Crippen molar-refractivity contribution in [2.45, 2.75) is 112 Å². The van der Waals surface area contributed by atoms with E-state index in [9.17, 15) is 0 Å². The molecule has 178 valence electrons. The first-order valence-electron chi connectivity index (χ1n) is 13.9. The van der Waals surface area contributed by atoms with Crippen molar-refractivity contribution in [3.63, 3.8) is 0 Å². The zero-order chi connectivity index (χ0) is 22.4. The minimum atomic E-state index is 0.580. The largest absolute Gasteiger partial charge is 0.303 e. The molecule has 0 aromatic heterocycles. The van der Waals surface area contributed by atoms with Gasteiger partial charge < -0.3 is 5.01 Å². The van der Waals surface area contributed by atoms with Crippen molar-refractivity contribution in [3.8, 4) is 0 Å². The summed E-state index contributed by atoms with van der Waals surface area (Å²) in [6, 6.07) is 0. The SMILES string of the molecule is CC(C)CCC[C@@H](C)[C@H]1CC[C@H]2[C@@H]3CC[C@H]4C/C(=N\N(C)C)CC[C@]4(C)[C@H]3CC[C@]12C. The third-order valence-electron chi connectivity index (χ3n) is 11.0. The van der Waals surface area contributed by atoms with Gasteiger partial charge in [-0.1, -0.05) is 53.9 Å². The van der Waals surface area contributed by atoms with Crippen molar-refractivity contribution >= 4 is 5.71 Å². The Morgan fingerprint density at radius 3 is 2.35 bits per heavy atom. The van der Waals surface area contributed by atoms with E-state index < -0.39 is 0 Å². The fraction of sp³-hybridized carbons (Fsp3) is 0.966. The van der Waals surface area contributed by atoms with Gasteiger partial charge in [-0.05, 0) is 110 Å². The number of hydrogen-bond acceptors (Lipinski definition) is 2. The van der Waals surface area contributed by atoms with Gasteiger partial charge in [-0.3, -0.25) is 0 Å². The summed E-state index contributed by atoms with van der Waals surface area (Å²) in [5.41, 5.74) is 2.69. The molecule has 0 aromatic rings. The van der Waals surface area contributed by atoms with Gasteiger partial charge in [0.25, 0.3) is 0 Å². The molecule has 0 unspecified atom stereocenters. The van der Waals surface area contributed by atoms with Gasteiger partial charge in [-0.15, -0.1) is 0 Å². The molecular weight excluding hydrogens is 376 g/mol. The molecule has 0 saturated heterocycles. The molecule has 2 heteroatoms. The highest BCUT2D eigenvalue weighted by molar-refractivity contribution is 5.85. The Bertz CT molecular complexity index is 651. The zero-order valence-electron chi connectivity index (χ0n) is 21.9. The maximum Gasteiger partial charge on any atom is 0.0383 e. The third kappa shape index (κ3) is 4.35. The van der Waals surface area contributed by atoms with Crippen LogP contribution in [0.15, 0.2) is 5.10 Å². The topological polar surface area (TPSA) is 15.6 Å². The van der Waals surface area contributed by atoms with Crippen molar-refractivity contribution in [3.05, 3.63) is 0 Å². The van der Waals surface area contributed by atoms with Crippen molar-refractivity contribution in [1.82, 2.24) is 5.01 Å². The molecule has 8 atom stereocenters. The van der Waals surface area contributed by atoms with Gasteiger partial charge in [0.1, 0.15) is 0 Å². The van der Waals surface area contributed by atoms with E-state index in [2.05, 4.69) is 48.7 Å². The second-order valence-corrected chi connectivity index (χ2v) is 13.4. The van der Waals surface area contributed by atoms with Crippen molar-refractivity contribution in [2.75, 3.05) is 14.1 Å². The Kier molecular flexibility index (Phi) is 6.87. The van der Waals surface area contributed by atoms with Gasteiger partial charge >= 0.3 is 0 Å². The van der Waals surface area contributed by atoms with Gasteiger partial charge in [0.2, 0.25) is 0 Å². The lowest BCUT2D eigenvalue weighted by atomic mass is 9.44. The van der Waals surface area contributed by atoms with Crippen LogP contribution in [-0.2, 0) is 0 Å². The predicted molar refractivity (Wildman–Crippen MR) is 134 cm³/mol. The number of fused-ring (bicyclic) bond motifs is 5. The minimum Gasteiger partial charge on any atom is -0.303 e. The van der Waals surface area contributed by atoms with Crippen molar-refractivity contribution in [2.24, 2.45) is 57.4 Å². The molecule has 0 radical (unpaired) electrons. The van der Waals surface area contributed by atoms with E-state index >= 15 is 0 Å². The molecule has 4 aliphatic rings. The Morgan fingerprint density at radius 2 is 1.65 bits per heavy atom. The fourth-order valence-electron chi connectivity index (χ4n) is 9.46. The van der Waals surface area contributed by atoms with Crippen LogP contribution >= 0.6 is 0 Å². The first-order valence-corrected chi connectivity index (χ1v) is 13.9. The lowest BCUT2D eigenvalue weighted by Gasteiger charge is -2.61. The van der Waals surface area contributed by atoms with Crippen LogP contribution in [0.5, 0.6) is 0 Å². The Labute approximate surface area is 194 Å². The Morgan fingerprint density at radius 1 is 0.903 bits per heavy atom. The monoisotopic (exact) mass is 428 g/mol. The number of rotatable bonds is 6. The lowest BCUT2D eigenvalue weighted by Crippen LogP contribution is -2.53. The van der Waals surface area contributed by atoms with Crippen LogP contribution in [-0.4, -0.2) is 24.8 Å². The van der Waals surface area contributed by atoms with Gasteiger partial charge in [-0.25, -0.2) is 0 Å². The quantitative estimate of drug-likeness (QED) is 0.391. The van der Waals surface area contributed by atoms with E-state index in [1.54, 1.807) is 0 Å². The molecule has 4 fully saturated rings. The van der Waals surface area contributed by atoms with Crippen LogP contribution in [0.3, 0.4) is 0 Å². The van der Waals surface area contributed by atoms with Crippen molar-refractivity contribution in [1.29, 1.82) is 0 Å². The van der Waals surface area contributed by atoms with Crippen LogP contribution in [0.25, 0.3) is 0 Å². The van der Waals surface area contributed by atoms with Gasteiger partial charge in [-0.2, -0.15) is 5.10 Å². The summed E-state index contributed by atoms with van der Waals surface area (Å²) >= 11 is 0. The molecule has 0 heterocycles. The van der Waals surface area contributed by atoms with Crippen LogP contribution in [0, 0.1) is 52.3 Å². The molecule has 4 aliphatic carbocycles. The normalized spacial score (nSPS) is 44.6. The first-order chi connectivity index (χ1) is 14.6. The standard InChI is InChI=1S/C29H52N2/c1-20(2)9-8-10-21(3)25-13-14-26-24-12-11-22-19-23(30-31(6)7)15-17-28(22,4)27(24)16-18-29(25,26)5/h20-22,24-27H,8-19H2,1-7H3/b30-23-/t21-,22+,24+,25-,26+,27+,28+,29-/m1/s1. The summed E-state index contributed by atoms with van der Waals surface area (Å²) in [6.45, 7) is 12.8. The molecule has 4 rings (SSSR count). The second kappa shape index (κ2) is 9.02. The summed E-state index contributed by atoms with van der Waals surface area (Å²) in [6.07, 6.45) is 17.3. The second-order valence-electron chi connectivity index (χ2n) is 13.4. The average molecular weight is 429 g/mol. The van der Waals surface area contributed by atoms with Crippen LogP contribution < -0.4 is 0 Å². The number of hydrazone groups is 1. The molecular formula is C29H52N2. The third-order valence-corrected chi connectivity index (χ3v) is 11.0. The highest BCUT2D eigenvalue weighted by Crippen LogP contribution is 2.68. The average Bonchev–Trinajstić information content (AvgIpc) is 3.05. The molecule has 0 bridgehead atoms. The summed E-state index contributed by atoms with van der Waals surface area (Å²) in [7, 11) is 4.17. The smallest absolute Gasteiger partial charge is 0.0383 e. The Hall–Kier alpha value is -0.530. The summed E-state index contributed by atoms with van der Waals surface area (Å²) < 4.78 is 0. The van der Waals surface area contributed by atoms with E-state index in [1.807, 2.05) is 5.01 Å². The number of hydrogen-bond donors (Lipinski definition) is 0. The maximum absolute atomic E-state index is 4.84. The van der Waals surface area contributed by atoms with Gasteiger partial charge in [0.15, 0.2) is 0 Å². The highest BCUT2D eigenvalue weighted by atomic mass is 15.4. The molecule has 0 spiro atoms. The molecule has 31 heavy (non-hydrogen) atoms. The molecule has 0 N–H and O–H groups in total. The van der Waals surface area contributed by atoms with Crippen molar-refractivity contribution < 1.29 is 0 Å². The minimum absolute atomic E-state index is 0.580. The fourth-order valence-corrected chi connectivity index (χ4v) is 9.46. The van der Waals surface area contributed by atoms with E-state index in [0.29, 0.717) is 10.8 Å². The van der Waals surface area contributed by atoms with E-state index in [0.717, 1.165) is 41.4 Å². The summed E-state index contributed by atoms with van der Waals surface area (Å²) in [5.74, 6) is 6.68. The first kappa shape index (κ1) is 23.6. The summed E-state index contributed by atoms with van der Waals surface area (Å²) in [5, 5.41) is 6.87. The zero-order valence-corrected chi connectivity index (χ0v) is 21.9. The van der Waals surface area contributed by atoms with Crippen LogP contribution in [0.1, 0.15) is 112 Å². The Balaban J connectivity index is 1.45. The molecule has 2 nitrogen and oxygen atoms in total. The van der Waals surface area contributed by atoms with Gasteiger partial charge in [0.05, 0.1) is 0 Å². The molecule has 4 saturated carbocycles. The lowest BCUT2D eigenvalue weighted by molar-refractivity contribution is -0.105. The molecule has 0 aliphatic heterocycles. The van der Waals surface area contributed by atoms with Crippen LogP contribution in [0.4, 0.5) is 0 Å². The van der Waals surface area contributed by atoms with E-state index in [1.165, 1.54) is 82.8 Å². The highest BCUT2D eigenvalue weighted by Gasteiger charge is 2.60. The molecule has 0 aromatic carbocycles. The molecule has 0 amide bonds. The van der Waals surface area contributed by atoms with Crippen LogP contribution in [0.2, 0.25) is 0 Å². The number of nitrogens with zero attached hydrogens (tertiary/aromatic N) is 2.